The molecule has 0 aliphatic rings. The predicted molar refractivity (Wildman–Crippen MR) is 123 cm³/mol. The smallest absolute Gasteiger partial charge is 0.339 e. The molecule has 0 heterocycles. The van der Waals surface area contributed by atoms with Gasteiger partial charge in [0.25, 0.3) is 5.91 Å². The molecule has 0 spiro atoms. The van der Waals surface area contributed by atoms with Gasteiger partial charge in [0.1, 0.15) is 4.90 Å². The molecule has 3 aromatic carbocycles. The van der Waals surface area contributed by atoms with E-state index in [1.165, 1.54) is 30.5 Å². The molecule has 3 rings (SSSR count). The van der Waals surface area contributed by atoms with Gasteiger partial charge in [-0.1, -0.05) is 41.4 Å². The number of benzene rings is 3. The van der Waals surface area contributed by atoms with Crippen molar-refractivity contribution in [2.24, 2.45) is 5.10 Å². The van der Waals surface area contributed by atoms with Gasteiger partial charge in [0.15, 0.2) is 5.75 Å². The van der Waals surface area contributed by atoms with Gasteiger partial charge in [0.05, 0.1) is 17.8 Å². The van der Waals surface area contributed by atoms with Crippen molar-refractivity contribution in [2.75, 3.05) is 6.61 Å². The number of hydrazone groups is 1. The van der Waals surface area contributed by atoms with Crippen LogP contribution in [-0.4, -0.2) is 27.1 Å². The van der Waals surface area contributed by atoms with Gasteiger partial charge >= 0.3 is 10.1 Å². The van der Waals surface area contributed by atoms with E-state index in [2.05, 4.69) is 10.5 Å². The van der Waals surface area contributed by atoms with Crippen LogP contribution >= 0.6 is 23.2 Å². The van der Waals surface area contributed by atoms with Crippen molar-refractivity contribution in [3.63, 3.8) is 0 Å². The third-order valence-corrected chi connectivity index (χ3v) is 5.81. The number of ether oxygens (including phenoxy) is 1. The van der Waals surface area contributed by atoms with Gasteiger partial charge in [0.2, 0.25) is 5.75 Å². The number of amides is 1. The summed E-state index contributed by atoms with van der Waals surface area (Å²) >= 11 is 12.1. The van der Waals surface area contributed by atoms with Gasteiger partial charge in [-0.3, -0.25) is 4.79 Å². The molecule has 0 bridgehead atoms. The lowest BCUT2D eigenvalue weighted by Crippen LogP contribution is -2.17. The summed E-state index contributed by atoms with van der Waals surface area (Å²) in [6.07, 6.45) is 1.34. The van der Waals surface area contributed by atoms with Crippen LogP contribution in [0.25, 0.3) is 0 Å². The molecule has 166 valence electrons. The van der Waals surface area contributed by atoms with Gasteiger partial charge in [-0.15, -0.1) is 0 Å². The van der Waals surface area contributed by atoms with Gasteiger partial charge in [-0.2, -0.15) is 13.5 Å². The van der Waals surface area contributed by atoms with E-state index in [4.69, 9.17) is 32.1 Å². The Kier molecular flexibility index (Phi) is 7.74. The number of hydrogen-bond acceptors (Lipinski definition) is 6. The summed E-state index contributed by atoms with van der Waals surface area (Å²) in [6, 6.07) is 16.9. The zero-order valence-corrected chi connectivity index (χ0v) is 19.1. The Labute approximate surface area is 195 Å². The van der Waals surface area contributed by atoms with Gasteiger partial charge in [0, 0.05) is 10.6 Å². The molecule has 10 heteroatoms. The fourth-order valence-corrected chi connectivity index (χ4v) is 3.99. The van der Waals surface area contributed by atoms with Gasteiger partial charge in [-0.05, 0) is 61.0 Å². The Morgan fingerprint density at radius 3 is 2.41 bits per heavy atom. The van der Waals surface area contributed by atoms with E-state index >= 15 is 0 Å². The lowest BCUT2D eigenvalue weighted by Gasteiger charge is -2.14. The van der Waals surface area contributed by atoms with Crippen LogP contribution in [0.15, 0.2) is 76.7 Å². The summed E-state index contributed by atoms with van der Waals surface area (Å²) in [4.78, 5) is 12.1. The first-order chi connectivity index (χ1) is 15.3. The lowest BCUT2D eigenvalue weighted by atomic mass is 10.2. The van der Waals surface area contributed by atoms with Crippen LogP contribution in [0.3, 0.4) is 0 Å². The molecule has 0 aromatic heterocycles. The van der Waals surface area contributed by atoms with E-state index in [9.17, 15) is 13.2 Å². The molecular formula is C22H18Cl2N2O5S. The first-order valence-electron chi connectivity index (χ1n) is 9.35. The van der Waals surface area contributed by atoms with E-state index < -0.39 is 16.0 Å². The molecule has 0 unspecified atom stereocenters. The monoisotopic (exact) mass is 492 g/mol. The van der Waals surface area contributed by atoms with Crippen LogP contribution in [0.1, 0.15) is 22.8 Å². The molecule has 0 saturated heterocycles. The molecule has 0 saturated carbocycles. The molecular weight excluding hydrogens is 475 g/mol. The number of nitrogens with zero attached hydrogens (tertiary/aromatic N) is 1. The van der Waals surface area contributed by atoms with Crippen LogP contribution in [0.4, 0.5) is 0 Å². The highest BCUT2D eigenvalue weighted by Crippen LogP contribution is 2.38. The Bertz CT molecular complexity index is 1230. The number of carbonyl (C=O) groups excluding carboxylic acids is 1. The molecule has 0 fully saturated rings. The third kappa shape index (κ3) is 6.00. The Balaban J connectivity index is 1.81. The van der Waals surface area contributed by atoms with Gasteiger partial charge < -0.3 is 8.92 Å². The van der Waals surface area contributed by atoms with Crippen molar-refractivity contribution in [2.45, 2.75) is 11.8 Å². The largest absolute Gasteiger partial charge is 0.490 e. The number of hydrogen-bond donors (Lipinski definition) is 1. The molecule has 3 aromatic rings. The summed E-state index contributed by atoms with van der Waals surface area (Å²) in [5.41, 5.74) is 3.23. The highest BCUT2D eigenvalue weighted by molar-refractivity contribution is 7.87. The van der Waals surface area contributed by atoms with Crippen LogP contribution in [-0.2, 0) is 10.1 Å². The van der Waals surface area contributed by atoms with Crippen molar-refractivity contribution < 1.29 is 22.1 Å². The third-order valence-electron chi connectivity index (χ3n) is 4.04. The SMILES string of the molecule is CCOc1cc(/C=N\NC(=O)c2ccc(Cl)cc2)cc(Cl)c1OS(=O)(=O)c1ccccc1. The highest BCUT2D eigenvalue weighted by atomic mass is 35.5. The number of halogens is 2. The average Bonchev–Trinajstić information content (AvgIpc) is 2.77. The number of rotatable bonds is 8. The lowest BCUT2D eigenvalue weighted by molar-refractivity contribution is 0.0955. The minimum Gasteiger partial charge on any atom is -0.490 e. The molecule has 1 amide bonds. The minimum atomic E-state index is -4.12. The Morgan fingerprint density at radius 2 is 1.75 bits per heavy atom. The summed E-state index contributed by atoms with van der Waals surface area (Å²) in [7, 11) is -4.12. The first kappa shape index (κ1) is 23.6. The van der Waals surface area contributed by atoms with Crippen molar-refractivity contribution >= 4 is 45.4 Å². The Morgan fingerprint density at radius 1 is 1.06 bits per heavy atom. The van der Waals surface area contributed by atoms with Crippen molar-refractivity contribution in [3.05, 3.63) is 87.9 Å². The molecule has 7 nitrogen and oxygen atoms in total. The maximum absolute atomic E-state index is 12.6. The van der Waals surface area contributed by atoms with E-state index in [0.29, 0.717) is 16.1 Å². The van der Waals surface area contributed by atoms with Crippen LogP contribution in [0.2, 0.25) is 10.0 Å². The van der Waals surface area contributed by atoms with Gasteiger partial charge in [-0.25, -0.2) is 5.43 Å². The molecule has 0 aliphatic heterocycles. The molecule has 0 atom stereocenters. The summed E-state index contributed by atoms with van der Waals surface area (Å²) < 4.78 is 35.9. The van der Waals surface area contributed by atoms with E-state index in [0.717, 1.165) is 0 Å². The molecule has 0 radical (unpaired) electrons. The first-order valence-corrected chi connectivity index (χ1v) is 11.5. The Hall–Kier alpha value is -3.07. The second-order valence-corrected chi connectivity index (χ2v) is 8.71. The summed E-state index contributed by atoms with van der Waals surface area (Å²) in [6.45, 7) is 1.97. The molecule has 0 aliphatic carbocycles. The normalized spacial score (nSPS) is 11.3. The highest BCUT2D eigenvalue weighted by Gasteiger charge is 2.22. The maximum atomic E-state index is 12.6. The quantitative estimate of drug-likeness (QED) is 0.273. The van der Waals surface area contributed by atoms with Crippen molar-refractivity contribution in [3.8, 4) is 11.5 Å². The van der Waals surface area contributed by atoms with Crippen molar-refractivity contribution in [1.82, 2.24) is 5.43 Å². The topological polar surface area (TPSA) is 94.1 Å². The molecule has 32 heavy (non-hydrogen) atoms. The maximum Gasteiger partial charge on any atom is 0.339 e. The number of carbonyl (C=O) groups is 1. The zero-order chi connectivity index (χ0) is 23.1. The second-order valence-electron chi connectivity index (χ2n) is 6.32. The predicted octanol–water partition coefficient (Wildman–Crippen LogP) is 4.92. The number of nitrogens with one attached hydrogen (secondary N) is 1. The average molecular weight is 493 g/mol. The second kappa shape index (κ2) is 10.5. The van der Waals surface area contributed by atoms with Crippen LogP contribution in [0.5, 0.6) is 11.5 Å². The van der Waals surface area contributed by atoms with E-state index in [1.54, 1.807) is 49.4 Å². The minimum absolute atomic E-state index is 0.000865. The van der Waals surface area contributed by atoms with Crippen molar-refractivity contribution in [1.29, 1.82) is 0 Å². The zero-order valence-electron chi connectivity index (χ0n) is 16.8. The fourth-order valence-electron chi connectivity index (χ4n) is 2.58. The summed E-state index contributed by atoms with van der Waals surface area (Å²) in [5, 5.41) is 4.42. The van der Waals surface area contributed by atoms with Crippen LogP contribution in [0, 0.1) is 0 Å². The summed E-state index contributed by atoms with van der Waals surface area (Å²) in [5.74, 6) is -0.451. The van der Waals surface area contributed by atoms with Crippen LogP contribution < -0.4 is 14.3 Å². The van der Waals surface area contributed by atoms with E-state index in [1.807, 2.05) is 0 Å². The molecule has 1 N–H and O–H groups in total. The van der Waals surface area contributed by atoms with E-state index in [-0.39, 0.29) is 28.0 Å². The standard InChI is InChI=1S/C22H18Cl2N2O5S/c1-2-30-20-13-15(14-25-26-22(27)16-8-10-17(23)11-9-16)12-19(24)21(20)31-32(28,29)18-6-4-3-5-7-18/h3-14H,2H2,1H3,(H,26,27)/b25-14-. The fraction of sp³-hybridized carbons (Fsp3) is 0.0909.